The van der Waals surface area contributed by atoms with Crippen LogP contribution in [0, 0.1) is 0 Å². The molecule has 0 aromatic carbocycles. The fraction of sp³-hybridized carbons (Fsp3) is 0.600. The molecule has 1 atom stereocenters. The van der Waals surface area contributed by atoms with Crippen LogP contribution in [0.15, 0.2) is 11.9 Å². The van der Waals surface area contributed by atoms with Crippen LogP contribution in [0.25, 0.3) is 0 Å². The number of likely N-dealkylation sites (N-methyl/N-ethyl adjacent to an activating group) is 1. The maximum atomic E-state index is 5.60. The number of hydrogen-bond donors (Lipinski definition) is 4. The summed E-state index contributed by atoms with van der Waals surface area (Å²) in [7, 11) is 1.85. The molecule has 0 saturated heterocycles. The Balaban J connectivity index is 2.70. The van der Waals surface area contributed by atoms with Crippen molar-refractivity contribution in [2.45, 2.75) is 12.6 Å². The zero-order valence-corrected chi connectivity index (χ0v) is 5.65. The second-order valence-electron chi connectivity index (χ2n) is 2.24. The smallest absolute Gasteiger partial charge is 0.125 e. The van der Waals surface area contributed by atoms with E-state index in [0.717, 1.165) is 5.70 Å². The topological polar surface area (TPSA) is 62.1 Å². The van der Waals surface area contributed by atoms with Crippen LogP contribution in [0.5, 0.6) is 0 Å². The van der Waals surface area contributed by atoms with Crippen LogP contribution in [0.2, 0.25) is 0 Å². The van der Waals surface area contributed by atoms with Gasteiger partial charge < -0.3 is 11.2 Å². The van der Waals surface area contributed by atoms with Gasteiger partial charge in [-0.2, -0.15) is 0 Å². The predicted octanol–water partition coefficient (Wildman–Crippen LogP) is -1.17. The SMILES string of the molecule is CNC1(C)NNC=C1N. The van der Waals surface area contributed by atoms with E-state index in [-0.39, 0.29) is 5.66 Å². The van der Waals surface area contributed by atoms with Crippen LogP contribution in [-0.2, 0) is 0 Å². The van der Waals surface area contributed by atoms with Crippen molar-refractivity contribution in [3.63, 3.8) is 0 Å². The quantitative estimate of drug-likeness (QED) is 0.359. The van der Waals surface area contributed by atoms with Crippen molar-refractivity contribution in [2.24, 2.45) is 5.73 Å². The Kier molecular flexibility index (Phi) is 1.34. The van der Waals surface area contributed by atoms with Crippen LogP contribution in [0.1, 0.15) is 6.92 Å². The summed E-state index contributed by atoms with van der Waals surface area (Å²) in [6, 6.07) is 0. The van der Waals surface area contributed by atoms with Crippen molar-refractivity contribution in [3.8, 4) is 0 Å². The third-order valence-electron chi connectivity index (χ3n) is 1.63. The minimum atomic E-state index is -0.278. The first-order valence-electron chi connectivity index (χ1n) is 2.87. The molecule has 52 valence electrons. The molecule has 0 radical (unpaired) electrons. The molecule has 1 unspecified atom stereocenters. The summed E-state index contributed by atoms with van der Waals surface area (Å²) in [6.45, 7) is 1.96. The van der Waals surface area contributed by atoms with Crippen molar-refractivity contribution >= 4 is 0 Å². The lowest BCUT2D eigenvalue weighted by atomic mass is 10.2. The number of rotatable bonds is 1. The molecule has 1 aliphatic rings. The lowest BCUT2D eigenvalue weighted by Crippen LogP contribution is -2.55. The van der Waals surface area contributed by atoms with Crippen molar-refractivity contribution in [1.82, 2.24) is 16.2 Å². The van der Waals surface area contributed by atoms with Crippen molar-refractivity contribution < 1.29 is 0 Å². The summed E-state index contributed by atoms with van der Waals surface area (Å²) >= 11 is 0. The minimum absolute atomic E-state index is 0.278. The highest BCUT2D eigenvalue weighted by Gasteiger charge is 2.27. The highest BCUT2D eigenvalue weighted by Crippen LogP contribution is 2.08. The Labute approximate surface area is 54.5 Å². The van der Waals surface area contributed by atoms with Gasteiger partial charge in [0.25, 0.3) is 0 Å². The molecule has 1 heterocycles. The molecule has 0 aliphatic carbocycles. The number of hydrogen-bond acceptors (Lipinski definition) is 4. The molecule has 0 fully saturated rings. The summed E-state index contributed by atoms with van der Waals surface area (Å²) in [5.41, 5.74) is 11.9. The second kappa shape index (κ2) is 1.89. The van der Waals surface area contributed by atoms with Crippen LogP contribution in [0.3, 0.4) is 0 Å². The maximum Gasteiger partial charge on any atom is 0.125 e. The van der Waals surface area contributed by atoms with Gasteiger partial charge in [-0.05, 0) is 14.0 Å². The largest absolute Gasteiger partial charge is 0.398 e. The summed E-state index contributed by atoms with van der Waals surface area (Å²) in [6.07, 6.45) is 1.73. The average molecular weight is 128 g/mol. The molecule has 0 spiro atoms. The number of nitrogens with two attached hydrogens (primary N) is 1. The zero-order chi connectivity index (χ0) is 6.91. The van der Waals surface area contributed by atoms with E-state index in [0.29, 0.717) is 0 Å². The molecule has 0 bridgehead atoms. The van der Waals surface area contributed by atoms with Crippen LogP contribution in [-0.4, -0.2) is 12.7 Å². The lowest BCUT2D eigenvalue weighted by molar-refractivity contribution is 0.362. The van der Waals surface area contributed by atoms with Crippen molar-refractivity contribution in [3.05, 3.63) is 11.9 Å². The fourth-order valence-electron chi connectivity index (χ4n) is 0.682. The first-order valence-corrected chi connectivity index (χ1v) is 2.87. The van der Waals surface area contributed by atoms with Gasteiger partial charge in [-0.15, -0.1) is 0 Å². The van der Waals surface area contributed by atoms with E-state index in [2.05, 4.69) is 16.2 Å². The first-order chi connectivity index (χ1) is 4.19. The van der Waals surface area contributed by atoms with Crippen molar-refractivity contribution in [1.29, 1.82) is 0 Å². The van der Waals surface area contributed by atoms with Crippen LogP contribution >= 0.6 is 0 Å². The van der Waals surface area contributed by atoms with E-state index in [1.165, 1.54) is 0 Å². The first kappa shape index (κ1) is 6.38. The Morgan fingerprint density at radius 3 is 2.67 bits per heavy atom. The molecule has 1 aliphatic heterocycles. The predicted molar refractivity (Wildman–Crippen MR) is 36.0 cm³/mol. The molecule has 0 aromatic heterocycles. The van der Waals surface area contributed by atoms with Gasteiger partial charge in [0.05, 0.1) is 5.70 Å². The fourth-order valence-corrected chi connectivity index (χ4v) is 0.682. The molecule has 0 amide bonds. The van der Waals surface area contributed by atoms with Gasteiger partial charge in [0, 0.05) is 6.20 Å². The van der Waals surface area contributed by atoms with Gasteiger partial charge in [-0.3, -0.25) is 5.32 Å². The van der Waals surface area contributed by atoms with Gasteiger partial charge in [-0.1, -0.05) is 0 Å². The molecule has 4 heteroatoms. The summed E-state index contributed by atoms with van der Waals surface area (Å²) < 4.78 is 0. The standard InChI is InChI=1S/C5H12N4/c1-5(7-2)4(6)3-8-9-5/h3,7-9H,6H2,1-2H3. The highest BCUT2D eigenvalue weighted by molar-refractivity contribution is 5.16. The third-order valence-corrected chi connectivity index (χ3v) is 1.63. The number of nitrogens with one attached hydrogen (secondary N) is 3. The Morgan fingerprint density at radius 1 is 1.78 bits per heavy atom. The number of hydrazine groups is 1. The molecule has 9 heavy (non-hydrogen) atoms. The molecule has 5 N–H and O–H groups in total. The van der Waals surface area contributed by atoms with Gasteiger partial charge >= 0.3 is 0 Å². The summed E-state index contributed by atoms with van der Waals surface area (Å²) in [5.74, 6) is 0. The molecule has 4 nitrogen and oxygen atoms in total. The minimum Gasteiger partial charge on any atom is -0.398 e. The van der Waals surface area contributed by atoms with E-state index in [9.17, 15) is 0 Å². The summed E-state index contributed by atoms with van der Waals surface area (Å²) in [5, 5.41) is 3.02. The van der Waals surface area contributed by atoms with Gasteiger partial charge in [-0.25, -0.2) is 5.43 Å². The van der Waals surface area contributed by atoms with Crippen LogP contribution < -0.4 is 21.9 Å². The van der Waals surface area contributed by atoms with E-state index >= 15 is 0 Å². The van der Waals surface area contributed by atoms with E-state index in [4.69, 9.17) is 5.73 Å². The Morgan fingerprint density at radius 2 is 2.44 bits per heavy atom. The molecule has 0 saturated carbocycles. The van der Waals surface area contributed by atoms with E-state index in [1.54, 1.807) is 6.20 Å². The second-order valence-corrected chi connectivity index (χ2v) is 2.24. The molecule has 1 rings (SSSR count). The molecular weight excluding hydrogens is 116 g/mol. The van der Waals surface area contributed by atoms with E-state index < -0.39 is 0 Å². The molecular formula is C5H12N4. The highest BCUT2D eigenvalue weighted by atomic mass is 15.5. The zero-order valence-electron chi connectivity index (χ0n) is 5.65. The average Bonchev–Trinajstić information content (AvgIpc) is 2.15. The van der Waals surface area contributed by atoms with Crippen molar-refractivity contribution in [2.75, 3.05) is 7.05 Å². The van der Waals surface area contributed by atoms with Gasteiger partial charge in [0.1, 0.15) is 5.66 Å². The monoisotopic (exact) mass is 128 g/mol. The third kappa shape index (κ3) is 0.863. The van der Waals surface area contributed by atoms with E-state index in [1.807, 2.05) is 14.0 Å². The van der Waals surface area contributed by atoms with Gasteiger partial charge in [0.2, 0.25) is 0 Å². The normalized spacial score (nSPS) is 33.8. The van der Waals surface area contributed by atoms with Crippen LogP contribution in [0.4, 0.5) is 0 Å². The maximum absolute atomic E-state index is 5.60. The summed E-state index contributed by atoms with van der Waals surface area (Å²) in [4.78, 5) is 0. The lowest BCUT2D eigenvalue weighted by Gasteiger charge is -2.24. The Hall–Kier alpha value is -0.740. The van der Waals surface area contributed by atoms with Gasteiger partial charge in [0.15, 0.2) is 0 Å². The molecule has 0 aromatic rings. The Bertz CT molecular complexity index is 142.